The molecule has 0 aromatic carbocycles. The van der Waals surface area contributed by atoms with Crippen LogP contribution in [0.1, 0.15) is 12.5 Å². The predicted molar refractivity (Wildman–Crippen MR) is 87.2 cm³/mol. The zero-order valence-electron chi connectivity index (χ0n) is 13.0. The van der Waals surface area contributed by atoms with Gasteiger partial charge < -0.3 is 19.8 Å². The number of aromatic amines is 1. The van der Waals surface area contributed by atoms with Crippen molar-refractivity contribution in [3.8, 4) is 0 Å². The maximum atomic E-state index is 12.5. The van der Waals surface area contributed by atoms with E-state index in [2.05, 4.69) is 21.9 Å². The van der Waals surface area contributed by atoms with Crippen LogP contribution in [-0.4, -0.2) is 28.3 Å². The highest BCUT2D eigenvalue weighted by Crippen LogP contribution is 2.28. The Morgan fingerprint density at radius 1 is 1.54 bits per heavy atom. The predicted octanol–water partition coefficient (Wildman–Crippen LogP) is 2.01. The molecule has 0 radical (unpaired) electrons. The number of rotatable bonds is 5. The Hall–Kier alpha value is -3.35. The Morgan fingerprint density at radius 2 is 2.38 bits per heavy atom. The summed E-state index contributed by atoms with van der Waals surface area (Å²) in [6.45, 7) is 5.33. The summed E-state index contributed by atoms with van der Waals surface area (Å²) in [6.07, 6.45) is 6.25. The number of hydrogen-bond donors (Lipinski definition) is 2. The average molecular weight is 325 g/mol. The molecular weight excluding hydrogens is 310 g/mol. The normalized spacial score (nSPS) is 15.7. The first-order valence-corrected chi connectivity index (χ1v) is 7.31. The molecule has 0 bridgehead atoms. The molecule has 0 fully saturated rings. The highest BCUT2D eigenvalue weighted by molar-refractivity contribution is 6.26. The summed E-state index contributed by atoms with van der Waals surface area (Å²) in [4.78, 5) is 31.7. The number of nitrogens with one attached hydrogen (secondary N) is 2. The zero-order valence-corrected chi connectivity index (χ0v) is 13.0. The lowest BCUT2D eigenvalue weighted by Gasteiger charge is -2.03. The number of esters is 1. The third kappa shape index (κ3) is 2.67. The number of nitrogens with zero attached hydrogens (tertiary/aromatic N) is 1. The number of aromatic nitrogens is 2. The van der Waals surface area contributed by atoms with E-state index in [9.17, 15) is 9.59 Å². The minimum Gasteiger partial charge on any atom is -0.462 e. The maximum Gasteiger partial charge on any atom is 0.347 e. The first-order valence-electron chi connectivity index (χ1n) is 7.31. The van der Waals surface area contributed by atoms with Crippen molar-refractivity contribution in [1.82, 2.24) is 15.3 Å². The van der Waals surface area contributed by atoms with Gasteiger partial charge in [-0.25, -0.2) is 9.78 Å². The molecule has 7 heteroatoms. The second kappa shape index (κ2) is 6.41. The van der Waals surface area contributed by atoms with Crippen LogP contribution in [0.25, 0.3) is 17.1 Å². The van der Waals surface area contributed by atoms with Crippen molar-refractivity contribution < 1.29 is 19.1 Å². The molecule has 3 heterocycles. The number of ether oxygens (including phenoxy) is 2. The number of pyridine rings is 1. The third-order valence-electron chi connectivity index (χ3n) is 3.37. The lowest BCUT2D eigenvalue weighted by molar-refractivity contribution is -0.139. The average Bonchev–Trinajstić information content (AvgIpc) is 3.11. The Labute approximate surface area is 137 Å². The van der Waals surface area contributed by atoms with Crippen molar-refractivity contribution in [2.24, 2.45) is 0 Å². The molecule has 7 nitrogen and oxygen atoms in total. The minimum absolute atomic E-state index is 0.0117. The molecule has 1 aliphatic heterocycles. The lowest BCUT2D eigenvalue weighted by atomic mass is 10.1. The third-order valence-corrected chi connectivity index (χ3v) is 3.37. The van der Waals surface area contributed by atoms with Crippen LogP contribution in [0.3, 0.4) is 0 Å². The summed E-state index contributed by atoms with van der Waals surface area (Å²) in [5.74, 6) is -1.25. The molecule has 0 unspecified atom stereocenters. The molecule has 0 saturated carbocycles. The van der Waals surface area contributed by atoms with E-state index >= 15 is 0 Å². The zero-order chi connectivity index (χ0) is 17.1. The van der Waals surface area contributed by atoms with E-state index < -0.39 is 11.8 Å². The van der Waals surface area contributed by atoms with Gasteiger partial charge in [0.25, 0.3) is 0 Å². The van der Waals surface area contributed by atoms with Crippen LogP contribution in [-0.2, 0) is 19.1 Å². The second-order valence-corrected chi connectivity index (χ2v) is 4.86. The number of H-pyrrole nitrogens is 1. The van der Waals surface area contributed by atoms with E-state index in [-0.39, 0.29) is 23.8 Å². The molecule has 0 saturated heterocycles. The molecule has 24 heavy (non-hydrogen) atoms. The standard InChI is InChI=1S/C17H15N3O4/c1-3-18-16-13(17(22)23-4-2)14(21)12(24-16)8-10-9-20-15-11(10)6-5-7-19-15/h3,5-9,18H,1,4H2,2H3,(H,19,20)/b12-8-. The highest BCUT2D eigenvalue weighted by atomic mass is 16.5. The molecule has 0 aliphatic carbocycles. The van der Waals surface area contributed by atoms with Crippen LogP contribution in [0.15, 0.2) is 54.5 Å². The van der Waals surface area contributed by atoms with Gasteiger partial charge in [-0.3, -0.25) is 4.79 Å². The molecule has 3 rings (SSSR count). The number of Topliss-reactive ketones (excluding diaryl/α,β-unsaturated/α-hetero) is 1. The van der Waals surface area contributed by atoms with Gasteiger partial charge in [-0.15, -0.1) is 0 Å². The SMILES string of the molecule is C=CNC1=C(C(=O)OCC)C(=O)/C(=C/c2c[nH]c3ncccc23)O1. The van der Waals surface area contributed by atoms with Gasteiger partial charge in [-0.05, 0) is 31.3 Å². The van der Waals surface area contributed by atoms with Crippen molar-refractivity contribution in [2.75, 3.05) is 6.61 Å². The number of fused-ring (bicyclic) bond motifs is 1. The molecule has 1 aliphatic rings. The van der Waals surface area contributed by atoms with Gasteiger partial charge in [0.05, 0.1) is 6.61 Å². The fourth-order valence-electron chi connectivity index (χ4n) is 2.35. The summed E-state index contributed by atoms with van der Waals surface area (Å²) < 4.78 is 10.4. The first-order chi connectivity index (χ1) is 11.7. The van der Waals surface area contributed by atoms with Crippen molar-refractivity contribution in [3.63, 3.8) is 0 Å². The minimum atomic E-state index is -0.740. The van der Waals surface area contributed by atoms with Gasteiger partial charge in [0.15, 0.2) is 11.3 Å². The molecule has 0 amide bonds. The van der Waals surface area contributed by atoms with Crippen LogP contribution in [0, 0.1) is 0 Å². The Bertz CT molecular complexity index is 892. The molecule has 2 N–H and O–H groups in total. The summed E-state index contributed by atoms with van der Waals surface area (Å²) in [5.41, 5.74) is 1.24. The van der Waals surface area contributed by atoms with Gasteiger partial charge in [-0.2, -0.15) is 0 Å². The summed E-state index contributed by atoms with van der Waals surface area (Å²) in [6, 6.07) is 3.66. The molecule has 2 aromatic heterocycles. The highest BCUT2D eigenvalue weighted by Gasteiger charge is 2.36. The number of carbonyl (C=O) groups is 2. The Morgan fingerprint density at radius 3 is 3.12 bits per heavy atom. The van der Waals surface area contributed by atoms with Crippen molar-refractivity contribution in [1.29, 1.82) is 0 Å². The smallest absolute Gasteiger partial charge is 0.347 e. The van der Waals surface area contributed by atoms with E-state index in [0.717, 1.165) is 10.9 Å². The van der Waals surface area contributed by atoms with Gasteiger partial charge in [-0.1, -0.05) is 6.58 Å². The summed E-state index contributed by atoms with van der Waals surface area (Å²) in [7, 11) is 0. The number of ketones is 1. The van der Waals surface area contributed by atoms with E-state index in [1.54, 1.807) is 31.5 Å². The van der Waals surface area contributed by atoms with Crippen LogP contribution in [0.2, 0.25) is 0 Å². The van der Waals surface area contributed by atoms with Gasteiger partial charge in [0.1, 0.15) is 5.65 Å². The van der Waals surface area contributed by atoms with Crippen LogP contribution in [0.4, 0.5) is 0 Å². The maximum absolute atomic E-state index is 12.5. The fourth-order valence-corrected chi connectivity index (χ4v) is 2.35. The van der Waals surface area contributed by atoms with Gasteiger partial charge in [0, 0.05) is 23.3 Å². The van der Waals surface area contributed by atoms with E-state index in [0.29, 0.717) is 5.65 Å². The lowest BCUT2D eigenvalue weighted by Crippen LogP contribution is -2.17. The monoisotopic (exact) mass is 325 g/mol. The van der Waals surface area contributed by atoms with Gasteiger partial charge in [0.2, 0.25) is 11.7 Å². The van der Waals surface area contributed by atoms with Crippen LogP contribution >= 0.6 is 0 Å². The van der Waals surface area contributed by atoms with E-state index in [1.807, 2.05) is 6.07 Å². The van der Waals surface area contributed by atoms with Gasteiger partial charge >= 0.3 is 5.97 Å². The van der Waals surface area contributed by atoms with Crippen molar-refractivity contribution in [3.05, 3.63) is 60.1 Å². The number of hydrogen-bond acceptors (Lipinski definition) is 6. The number of allylic oxidation sites excluding steroid dienone is 1. The Kier molecular flexibility index (Phi) is 4.15. The Balaban J connectivity index is 1.98. The largest absolute Gasteiger partial charge is 0.462 e. The molecule has 2 aromatic rings. The van der Waals surface area contributed by atoms with E-state index in [4.69, 9.17) is 9.47 Å². The van der Waals surface area contributed by atoms with Crippen molar-refractivity contribution in [2.45, 2.75) is 6.92 Å². The van der Waals surface area contributed by atoms with Crippen LogP contribution < -0.4 is 5.32 Å². The molecular formula is C17H15N3O4. The van der Waals surface area contributed by atoms with E-state index in [1.165, 1.54) is 6.20 Å². The quantitative estimate of drug-likeness (QED) is 0.496. The van der Waals surface area contributed by atoms with Crippen LogP contribution in [0.5, 0.6) is 0 Å². The molecule has 0 spiro atoms. The fraction of sp³-hybridized carbons (Fsp3) is 0.118. The topological polar surface area (TPSA) is 93.3 Å². The summed E-state index contributed by atoms with van der Waals surface area (Å²) >= 11 is 0. The van der Waals surface area contributed by atoms with Crippen molar-refractivity contribution >= 4 is 28.9 Å². The molecule has 0 atom stereocenters. The first kappa shape index (κ1) is 15.5. The summed E-state index contributed by atoms with van der Waals surface area (Å²) in [5, 5.41) is 3.49. The molecule has 122 valence electrons. The second-order valence-electron chi connectivity index (χ2n) is 4.86. The number of carbonyl (C=O) groups excluding carboxylic acids is 2.